The van der Waals surface area contributed by atoms with Crippen molar-refractivity contribution < 1.29 is 9.31 Å². The molecule has 1 aromatic heterocycles. The van der Waals surface area contributed by atoms with Crippen LogP contribution in [0.15, 0.2) is 18.2 Å². The molecular formula is C19H28BN3O2. The molecular weight excluding hydrogens is 313 g/mol. The first-order valence-corrected chi connectivity index (χ1v) is 9.40. The van der Waals surface area contributed by atoms with Crippen molar-refractivity contribution in [3.05, 3.63) is 24.0 Å². The number of hydrogen-bond donors (Lipinski definition) is 2. The standard InChI is InChI=1S/C19H28BN3O2/c1-6-13-8-10-15(21-13)17-22-14-9-7-12(11-16(14)23-17)20-24-18(2,3)19(4,5)25-20/h7,9,11,13,15,21H,6,8,10H2,1-5H3,(H,22,23)/t13-,15?/m0/s1. The van der Waals surface area contributed by atoms with Gasteiger partial charge in [-0.05, 0) is 64.6 Å². The lowest BCUT2D eigenvalue weighted by Crippen LogP contribution is -2.41. The molecule has 2 aromatic rings. The number of nitrogens with one attached hydrogen (secondary N) is 2. The van der Waals surface area contributed by atoms with Crippen molar-refractivity contribution in [3.63, 3.8) is 0 Å². The Kier molecular flexibility index (Phi) is 3.98. The average molecular weight is 341 g/mol. The fourth-order valence-corrected chi connectivity index (χ4v) is 3.69. The monoisotopic (exact) mass is 341 g/mol. The summed E-state index contributed by atoms with van der Waals surface area (Å²) in [6, 6.07) is 7.17. The summed E-state index contributed by atoms with van der Waals surface area (Å²) in [6.07, 6.45) is 3.53. The fraction of sp³-hybridized carbons (Fsp3) is 0.632. The van der Waals surface area contributed by atoms with Gasteiger partial charge in [0.15, 0.2) is 0 Å². The fourth-order valence-electron chi connectivity index (χ4n) is 3.69. The van der Waals surface area contributed by atoms with Crippen molar-refractivity contribution in [2.45, 2.75) is 77.2 Å². The smallest absolute Gasteiger partial charge is 0.399 e. The number of aromatic amines is 1. The quantitative estimate of drug-likeness (QED) is 0.843. The van der Waals surface area contributed by atoms with Gasteiger partial charge in [-0.2, -0.15) is 0 Å². The molecule has 3 heterocycles. The molecule has 2 fully saturated rings. The largest absolute Gasteiger partial charge is 0.494 e. The third-order valence-electron chi connectivity index (χ3n) is 6.11. The highest BCUT2D eigenvalue weighted by Crippen LogP contribution is 2.36. The molecule has 5 nitrogen and oxygen atoms in total. The molecule has 0 aliphatic carbocycles. The van der Waals surface area contributed by atoms with E-state index in [1.165, 1.54) is 12.8 Å². The van der Waals surface area contributed by atoms with Crippen molar-refractivity contribution in [2.24, 2.45) is 0 Å². The van der Waals surface area contributed by atoms with Crippen LogP contribution in [0.5, 0.6) is 0 Å². The maximum atomic E-state index is 6.17. The number of aromatic nitrogens is 2. The minimum absolute atomic E-state index is 0.325. The Bertz CT molecular complexity index is 770. The first kappa shape index (κ1) is 17.1. The molecule has 2 saturated heterocycles. The van der Waals surface area contributed by atoms with Crippen molar-refractivity contribution in [2.75, 3.05) is 0 Å². The minimum Gasteiger partial charge on any atom is -0.399 e. The molecule has 0 bridgehead atoms. The molecule has 1 aromatic carbocycles. The van der Waals surface area contributed by atoms with Crippen LogP contribution >= 0.6 is 0 Å². The second-order valence-electron chi connectivity index (χ2n) is 8.39. The van der Waals surface area contributed by atoms with Crippen LogP contribution in [0, 0.1) is 0 Å². The van der Waals surface area contributed by atoms with E-state index in [4.69, 9.17) is 14.3 Å². The highest BCUT2D eigenvalue weighted by atomic mass is 16.7. The molecule has 1 unspecified atom stereocenters. The molecule has 2 N–H and O–H groups in total. The summed E-state index contributed by atoms with van der Waals surface area (Å²) in [7, 11) is -0.338. The SMILES string of the molecule is CC[C@H]1CCC(c2nc3ccc(B4OC(C)(C)C(C)(C)O4)cc3[nH]2)N1. The van der Waals surface area contributed by atoms with Crippen LogP contribution < -0.4 is 10.8 Å². The molecule has 2 aliphatic rings. The van der Waals surface area contributed by atoms with E-state index in [2.05, 4.69) is 63.1 Å². The van der Waals surface area contributed by atoms with E-state index in [1.807, 2.05) is 0 Å². The number of hydrogen-bond acceptors (Lipinski definition) is 4. The first-order valence-electron chi connectivity index (χ1n) is 9.40. The van der Waals surface area contributed by atoms with Gasteiger partial charge in [-0.15, -0.1) is 0 Å². The number of nitrogens with zero attached hydrogens (tertiary/aromatic N) is 1. The van der Waals surface area contributed by atoms with Crippen LogP contribution in [0.4, 0.5) is 0 Å². The molecule has 0 radical (unpaired) electrons. The maximum absolute atomic E-state index is 6.17. The number of rotatable bonds is 3. The first-order chi connectivity index (χ1) is 11.8. The van der Waals surface area contributed by atoms with Crippen LogP contribution in [0.25, 0.3) is 11.0 Å². The van der Waals surface area contributed by atoms with Crippen molar-refractivity contribution >= 4 is 23.6 Å². The van der Waals surface area contributed by atoms with Crippen molar-refractivity contribution in [3.8, 4) is 0 Å². The van der Waals surface area contributed by atoms with Crippen LogP contribution in [-0.2, 0) is 9.31 Å². The number of imidazole rings is 1. The lowest BCUT2D eigenvalue weighted by molar-refractivity contribution is 0.00578. The zero-order chi connectivity index (χ0) is 17.8. The molecule has 134 valence electrons. The van der Waals surface area contributed by atoms with E-state index in [0.29, 0.717) is 12.1 Å². The van der Waals surface area contributed by atoms with Gasteiger partial charge in [0, 0.05) is 6.04 Å². The summed E-state index contributed by atoms with van der Waals surface area (Å²) < 4.78 is 12.3. The number of H-pyrrole nitrogens is 1. The topological polar surface area (TPSA) is 59.2 Å². The Balaban J connectivity index is 1.59. The summed E-state index contributed by atoms with van der Waals surface area (Å²) in [4.78, 5) is 8.29. The second-order valence-corrected chi connectivity index (χ2v) is 8.39. The van der Waals surface area contributed by atoms with Gasteiger partial charge in [0.25, 0.3) is 0 Å². The minimum atomic E-state index is -0.338. The number of fused-ring (bicyclic) bond motifs is 1. The zero-order valence-electron chi connectivity index (χ0n) is 15.8. The lowest BCUT2D eigenvalue weighted by Gasteiger charge is -2.32. The predicted molar refractivity (Wildman–Crippen MR) is 101 cm³/mol. The van der Waals surface area contributed by atoms with E-state index in [-0.39, 0.29) is 18.3 Å². The molecule has 6 heteroatoms. The van der Waals surface area contributed by atoms with E-state index < -0.39 is 0 Å². The van der Waals surface area contributed by atoms with Crippen LogP contribution in [0.1, 0.15) is 65.7 Å². The van der Waals surface area contributed by atoms with Crippen LogP contribution in [0.3, 0.4) is 0 Å². The van der Waals surface area contributed by atoms with E-state index in [0.717, 1.165) is 28.7 Å². The zero-order valence-corrected chi connectivity index (χ0v) is 15.8. The molecule has 4 rings (SSSR count). The van der Waals surface area contributed by atoms with Gasteiger partial charge in [-0.3, -0.25) is 0 Å². The molecule has 0 spiro atoms. The van der Waals surface area contributed by atoms with Crippen molar-refractivity contribution in [1.29, 1.82) is 0 Å². The van der Waals surface area contributed by atoms with E-state index in [1.54, 1.807) is 0 Å². The number of benzene rings is 1. The van der Waals surface area contributed by atoms with Gasteiger partial charge < -0.3 is 19.6 Å². The molecule has 25 heavy (non-hydrogen) atoms. The molecule has 2 atom stereocenters. The van der Waals surface area contributed by atoms with Crippen LogP contribution in [-0.4, -0.2) is 34.3 Å². The average Bonchev–Trinajstić information content (AvgIpc) is 3.23. The van der Waals surface area contributed by atoms with E-state index >= 15 is 0 Å². The summed E-state index contributed by atoms with van der Waals surface area (Å²) in [5.41, 5.74) is 2.43. The van der Waals surface area contributed by atoms with Crippen LogP contribution in [0.2, 0.25) is 0 Å². The molecule has 0 amide bonds. The van der Waals surface area contributed by atoms with Gasteiger partial charge in [0.1, 0.15) is 5.82 Å². The Morgan fingerprint density at radius 1 is 1.16 bits per heavy atom. The van der Waals surface area contributed by atoms with Gasteiger partial charge in [0.05, 0.1) is 28.3 Å². The Morgan fingerprint density at radius 2 is 1.88 bits per heavy atom. The predicted octanol–water partition coefficient (Wildman–Crippen LogP) is 3.07. The normalized spacial score (nSPS) is 28.1. The maximum Gasteiger partial charge on any atom is 0.494 e. The van der Waals surface area contributed by atoms with Gasteiger partial charge >= 0.3 is 7.12 Å². The highest BCUT2D eigenvalue weighted by molar-refractivity contribution is 6.62. The summed E-state index contributed by atoms with van der Waals surface area (Å²) in [6.45, 7) is 10.5. The summed E-state index contributed by atoms with van der Waals surface area (Å²) in [5.74, 6) is 1.04. The Hall–Kier alpha value is -1.37. The Morgan fingerprint density at radius 3 is 2.52 bits per heavy atom. The molecule has 0 saturated carbocycles. The Labute approximate surface area is 150 Å². The molecule has 2 aliphatic heterocycles. The highest BCUT2D eigenvalue weighted by Gasteiger charge is 2.51. The van der Waals surface area contributed by atoms with Gasteiger partial charge in [-0.25, -0.2) is 4.98 Å². The third-order valence-corrected chi connectivity index (χ3v) is 6.11. The lowest BCUT2D eigenvalue weighted by atomic mass is 9.79. The second kappa shape index (κ2) is 5.83. The van der Waals surface area contributed by atoms with Crippen molar-refractivity contribution in [1.82, 2.24) is 15.3 Å². The van der Waals surface area contributed by atoms with Gasteiger partial charge in [-0.1, -0.05) is 13.0 Å². The summed E-state index contributed by atoms with van der Waals surface area (Å²) in [5, 5.41) is 3.67. The van der Waals surface area contributed by atoms with Gasteiger partial charge in [0.2, 0.25) is 0 Å². The van der Waals surface area contributed by atoms with E-state index in [9.17, 15) is 0 Å². The third kappa shape index (κ3) is 2.90. The summed E-state index contributed by atoms with van der Waals surface area (Å²) >= 11 is 0.